The van der Waals surface area contributed by atoms with Gasteiger partial charge in [0.25, 0.3) is 5.56 Å². The van der Waals surface area contributed by atoms with E-state index in [0.29, 0.717) is 5.69 Å². The van der Waals surface area contributed by atoms with E-state index in [1.807, 2.05) is 24.3 Å². The fraction of sp³-hybridized carbons (Fsp3) is 0.429. The minimum atomic E-state index is -0.0870. The molecule has 1 aromatic carbocycles. The maximum absolute atomic E-state index is 12.1. The molecule has 1 heterocycles. The molecule has 3 N–H and O–H groups in total. The maximum Gasteiger partial charge on any atom is 0.270 e. The molecule has 0 radical (unpaired) electrons. The van der Waals surface area contributed by atoms with Gasteiger partial charge in [-0.25, -0.2) is 4.98 Å². The van der Waals surface area contributed by atoms with Crippen LogP contribution in [-0.4, -0.2) is 16.0 Å². The molecule has 2 aromatic rings. The fourth-order valence-corrected chi connectivity index (χ4v) is 2.79. The number of aromatic nitrogens is 2. The highest BCUT2D eigenvalue weighted by atomic mass is 16.1. The smallest absolute Gasteiger partial charge is 0.270 e. The lowest BCUT2D eigenvalue weighted by atomic mass is 9.83. The topological polar surface area (TPSA) is 71.8 Å². The van der Waals surface area contributed by atoms with Crippen LogP contribution in [0.1, 0.15) is 37.3 Å². The number of hydrogen-bond donors (Lipinski definition) is 2. The van der Waals surface area contributed by atoms with Crippen molar-refractivity contribution in [3.8, 4) is 0 Å². The maximum atomic E-state index is 12.1. The van der Waals surface area contributed by atoms with Crippen LogP contribution in [0.25, 0.3) is 11.0 Å². The van der Waals surface area contributed by atoms with Crippen LogP contribution in [0.15, 0.2) is 29.1 Å². The third kappa shape index (κ3) is 1.93. The summed E-state index contributed by atoms with van der Waals surface area (Å²) in [6, 6.07) is 7.68. The molecular weight excluding hydrogens is 226 g/mol. The minimum absolute atomic E-state index is 0.0634. The van der Waals surface area contributed by atoms with Crippen molar-refractivity contribution in [3.63, 3.8) is 0 Å². The van der Waals surface area contributed by atoms with Gasteiger partial charge in [0.05, 0.1) is 11.0 Å². The van der Waals surface area contributed by atoms with Crippen LogP contribution in [0.3, 0.4) is 0 Å². The van der Waals surface area contributed by atoms with E-state index in [-0.39, 0.29) is 17.5 Å². The molecule has 1 aliphatic carbocycles. The normalized spacial score (nSPS) is 24.3. The first-order valence-electron chi connectivity index (χ1n) is 6.50. The number of nitrogens with one attached hydrogen (secondary N) is 1. The average Bonchev–Trinajstić information content (AvgIpc) is 2.39. The molecule has 1 saturated carbocycles. The Kier molecular flexibility index (Phi) is 2.88. The van der Waals surface area contributed by atoms with Crippen molar-refractivity contribution in [1.82, 2.24) is 9.97 Å². The van der Waals surface area contributed by atoms with Crippen LogP contribution >= 0.6 is 0 Å². The molecule has 0 aliphatic heterocycles. The number of para-hydroxylation sites is 2. The predicted molar refractivity (Wildman–Crippen MR) is 71.5 cm³/mol. The van der Waals surface area contributed by atoms with E-state index in [4.69, 9.17) is 5.73 Å². The van der Waals surface area contributed by atoms with Crippen molar-refractivity contribution >= 4 is 11.0 Å². The number of nitrogens with two attached hydrogens (primary N) is 1. The quantitative estimate of drug-likeness (QED) is 0.803. The van der Waals surface area contributed by atoms with E-state index in [2.05, 4.69) is 9.97 Å². The summed E-state index contributed by atoms with van der Waals surface area (Å²) in [7, 11) is 0. The van der Waals surface area contributed by atoms with E-state index < -0.39 is 0 Å². The van der Waals surface area contributed by atoms with Gasteiger partial charge in [-0.15, -0.1) is 0 Å². The van der Waals surface area contributed by atoms with Crippen molar-refractivity contribution in [2.45, 2.75) is 37.6 Å². The lowest BCUT2D eigenvalue weighted by Crippen LogP contribution is -2.35. The van der Waals surface area contributed by atoms with E-state index >= 15 is 0 Å². The molecule has 0 saturated heterocycles. The molecule has 4 nitrogen and oxygen atoms in total. The SMILES string of the molecule is NC1CCCCC1c1nc2ccccc2[nH]c1=O. The Bertz CT molecular complexity index is 620. The highest BCUT2D eigenvalue weighted by molar-refractivity contribution is 5.73. The highest BCUT2D eigenvalue weighted by Crippen LogP contribution is 2.29. The van der Waals surface area contributed by atoms with Crippen LogP contribution in [0.5, 0.6) is 0 Å². The molecule has 1 aliphatic rings. The molecule has 18 heavy (non-hydrogen) atoms. The zero-order valence-electron chi connectivity index (χ0n) is 10.2. The summed E-state index contributed by atoms with van der Waals surface area (Å²) in [6.07, 6.45) is 4.24. The predicted octanol–water partition coefficient (Wildman–Crippen LogP) is 1.91. The number of hydrogen-bond acceptors (Lipinski definition) is 3. The summed E-state index contributed by atoms with van der Waals surface area (Å²) in [5.41, 5.74) is 8.28. The van der Waals surface area contributed by atoms with Crippen molar-refractivity contribution < 1.29 is 0 Å². The first-order chi connectivity index (χ1) is 8.75. The average molecular weight is 243 g/mol. The van der Waals surface area contributed by atoms with Gasteiger partial charge in [-0.05, 0) is 25.0 Å². The monoisotopic (exact) mass is 243 g/mol. The Balaban J connectivity index is 2.10. The molecule has 4 heteroatoms. The second kappa shape index (κ2) is 4.53. The molecule has 0 bridgehead atoms. The lowest BCUT2D eigenvalue weighted by molar-refractivity contribution is 0.378. The largest absolute Gasteiger partial charge is 0.327 e. The zero-order valence-corrected chi connectivity index (χ0v) is 10.2. The first kappa shape index (κ1) is 11.4. The number of aromatic amines is 1. The van der Waals surface area contributed by atoms with Gasteiger partial charge in [0.15, 0.2) is 0 Å². The molecule has 3 rings (SSSR count). The molecule has 0 amide bonds. The molecule has 1 fully saturated rings. The second-order valence-electron chi connectivity index (χ2n) is 5.02. The van der Waals surface area contributed by atoms with Gasteiger partial charge in [0.1, 0.15) is 5.69 Å². The number of fused-ring (bicyclic) bond motifs is 1. The van der Waals surface area contributed by atoms with Crippen molar-refractivity contribution in [1.29, 1.82) is 0 Å². The molecular formula is C14H17N3O. The summed E-state index contributed by atoms with van der Waals surface area (Å²) in [4.78, 5) is 19.5. The van der Waals surface area contributed by atoms with Gasteiger partial charge in [-0.3, -0.25) is 4.79 Å². The third-order valence-electron chi connectivity index (χ3n) is 3.80. The van der Waals surface area contributed by atoms with E-state index in [1.165, 1.54) is 0 Å². The molecule has 2 atom stereocenters. The summed E-state index contributed by atoms with van der Waals surface area (Å²) in [5, 5.41) is 0. The van der Waals surface area contributed by atoms with Gasteiger partial charge in [-0.2, -0.15) is 0 Å². The lowest BCUT2D eigenvalue weighted by Gasteiger charge is -2.27. The number of benzene rings is 1. The van der Waals surface area contributed by atoms with Crippen molar-refractivity contribution in [3.05, 3.63) is 40.3 Å². The van der Waals surface area contributed by atoms with E-state index in [1.54, 1.807) is 0 Å². The Morgan fingerprint density at radius 1 is 1.22 bits per heavy atom. The van der Waals surface area contributed by atoms with E-state index in [9.17, 15) is 4.79 Å². The zero-order chi connectivity index (χ0) is 12.5. The van der Waals surface area contributed by atoms with Crippen molar-refractivity contribution in [2.24, 2.45) is 5.73 Å². The number of nitrogens with zero attached hydrogens (tertiary/aromatic N) is 1. The Morgan fingerprint density at radius 3 is 2.83 bits per heavy atom. The number of rotatable bonds is 1. The Hall–Kier alpha value is -1.68. The first-order valence-corrected chi connectivity index (χ1v) is 6.50. The van der Waals surface area contributed by atoms with Gasteiger partial charge in [0, 0.05) is 12.0 Å². The van der Waals surface area contributed by atoms with Crippen LogP contribution in [0.4, 0.5) is 0 Å². The molecule has 94 valence electrons. The summed E-state index contributed by atoms with van der Waals surface area (Å²) in [5.74, 6) is 0.104. The van der Waals surface area contributed by atoms with Gasteiger partial charge in [0.2, 0.25) is 0 Å². The van der Waals surface area contributed by atoms with Crippen LogP contribution < -0.4 is 11.3 Å². The van der Waals surface area contributed by atoms with Crippen LogP contribution in [-0.2, 0) is 0 Å². The summed E-state index contributed by atoms with van der Waals surface area (Å²) in [6.45, 7) is 0. The van der Waals surface area contributed by atoms with Gasteiger partial charge < -0.3 is 10.7 Å². The highest BCUT2D eigenvalue weighted by Gasteiger charge is 2.26. The van der Waals surface area contributed by atoms with Crippen LogP contribution in [0.2, 0.25) is 0 Å². The minimum Gasteiger partial charge on any atom is -0.327 e. The fourth-order valence-electron chi connectivity index (χ4n) is 2.79. The molecule has 2 unspecified atom stereocenters. The Labute approximate surface area is 105 Å². The van der Waals surface area contributed by atoms with Gasteiger partial charge >= 0.3 is 0 Å². The molecule has 1 aromatic heterocycles. The van der Waals surface area contributed by atoms with E-state index in [0.717, 1.165) is 36.7 Å². The summed E-state index contributed by atoms with van der Waals surface area (Å²) < 4.78 is 0. The van der Waals surface area contributed by atoms with Gasteiger partial charge in [-0.1, -0.05) is 25.0 Å². The number of H-pyrrole nitrogens is 1. The summed E-state index contributed by atoms with van der Waals surface area (Å²) >= 11 is 0. The molecule has 0 spiro atoms. The Morgan fingerprint density at radius 2 is 2.00 bits per heavy atom. The second-order valence-corrected chi connectivity index (χ2v) is 5.02. The standard InChI is InChI=1S/C14H17N3O/c15-10-6-2-1-5-9(10)13-14(18)17-12-8-4-3-7-11(12)16-13/h3-4,7-10H,1-2,5-6,15H2,(H,17,18). The third-order valence-corrected chi connectivity index (χ3v) is 3.80. The van der Waals surface area contributed by atoms with Crippen LogP contribution in [0, 0.1) is 0 Å². The van der Waals surface area contributed by atoms with Crippen molar-refractivity contribution in [2.75, 3.05) is 0 Å².